The quantitative estimate of drug-likeness (QED) is 0.128. The molecule has 184 valence electrons. The molecule has 5 nitrogen and oxygen atoms in total. The highest BCUT2D eigenvalue weighted by atomic mass is 16.5. The fourth-order valence-corrected chi connectivity index (χ4v) is 4.20. The normalized spacial score (nSPS) is 12.7. The maximum Gasteiger partial charge on any atom is 0.236 e. The van der Waals surface area contributed by atoms with Crippen LogP contribution in [-0.4, -0.2) is 43.8 Å². The van der Waals surface area contributed by atoms with E-state index >= 15 is 0 Å². The second-order valence-corrected chi connectivity index (χ2v) is 9.05. The molecule has 0 bridgehead atoms. The Kier molecular flexibility index (Phi) is 9.24. The van der Waals surface area contributed by atoms with Crippen LogP contribution in [0.5, 0.6) is 0 Å². The van der Waals surface area contributed by atoms with Crippen molar-refractivity contribution in [2.24, 2.45) is 0 Å². The van der Waals surface area contributed by atoms with Crippen molar-refractivity contribution in [3.8, 4) is 0 Å². The van der Waals surface area contributed by atoms with Gasteiger partial charge in [0.1, 0.15) is 12.3 Å². The standard InChI is InChI=1S/C30H37N2O3/c1-6-8-20-27(7-2)34-22-15-21-32(3,4)24-28-23-31-29(35-28)30(33-5,25-16-11-9-12-17-25)26-18-13-10-14-19-26/h6-14,16-20,23H,1,15,21-22,24H2,2-5H3/q+1/b20-8-,27-7+. The topological polar surface area (TPSA) is 44.5 Å². The Morgan fingerprint density at radius 2 is 1.69 bits per heavy atom. The summed E-state index contributed by atoms with van der Waals surface area (Å²) < 4.78 is 19.2. The minimum atomic E-state index is -0.923. The number of hydrogen-bond donors (Lipinski definition) is 0. The summed E-state index contributed by atoms with van der Waals surface area (Å²) >= 11 is 0. The molecule has 0 aliphatic carbocycles. The van der Waals surface area contributed by atoms with Crippen LogP contribution in [0.25, 0.3) is 0 Å². The summed E-state index contributed by atoms with van der Waals surface area (Å²) in [7, 11) is 6.08. The second-order valence-electron chi connectivity index (χ2n) is 9.05. The van der Waals surface area contributed by atoms with Crippen molar-refractivity contribution in [2.75, 3.05) is 34.4 Å². The van der Waals surface area contributed by atoms with Crippen LogP contribution in [0, 0.1) is 0 Å². The molecule has 5 heteroatoms. The zero-order chi connectivity index (χ0) is 25.2. The van der Waals surface area contributed by atoms with Crippen LogP contribution in [0.15, 0.2) is 108 Å². The number of hydrogen-bond acceptors (Lipinski definition) is 4. The number of aromatic nitrogens is 1. The summed E-state index contributed by atoms with van der Waals surface area (Å²) in [5, 5.41) is 0. The van der Waals surface area contributed by atoms with E-state index in [0.717, 1.165) is 40.1 Å². The minimum Gasteiger partial charge on any atom is -0.494 e. The molecular weight excluding hydrogens is 436 g/mol. The van der Waals surface area contributed by atoms with E-state index in [1.165, 1.54) is 0 Å². The Morgan fingerprint density at radius 1 is 1.06 bits per heavy atom. The highest BCUT2D eigenvalue weighted by molar-refractivity contribution is 5.42. The Hall–Kier alpha value is -3.41. The highest BCUT2D eigenvalue weighted by Crippen LogP contribution is 2.39. The van der Waals surface area contributed by atoms with Gasteiger partial charge in [-0.3, -0.25) is 0 Å². The van der Waals surface area contributed by atoms with Crippen molar-refractivity contribution in [1.82, 2.24) is 4.98 Å². The molecule has 0 saturated heterocycles. The molecule has 1 aromatic heterocycles. The Labute approximate surface area is 209 Å². The molecule has 35 heavy (non-hydrogen) atoms. The second kappa shape index (κ2) is 12.3. The van der Waals surface area contributed by atoms with Gasteiger partial charge in [0.15, 0.2) is 11.4 Å². The van der Waals surface area contributed by atoms with E-state index in [-0.39, 0.29) is 0 Å². The number of ether oxygens (including phenoxy) is 2. The minimum absolute atomic E-state index is 0.530. The Morgan fingerprint density at radius 3 is 2.23 bits per heavy atom. The molecule has 3 aromatic rings. The predicted molar refractivity (Wildman–Crippen MR) is 141 cm³/mol. The lowest BCUT2D eigenvalue weighted by Crippen LogP contribution is -2.39. The van der Waals surface area contributed by atoms with Crippen molar-refractivity contribution in [1.29, 1.82) is 0 Å². The summed E-state index contributed by atoms with van der Waals surface area (Å²) in [5.41, 5.74) is 1.02. The molecule has 0 N–H and O–H groups in total. The van der Waals surface area contributed by atoms with Crippen LogP contribution in [0.1, 0.15) is 36.1 Å². The summed E-state index contributed by atoms with van der Waals surface area (Å²) in [6.07, 6.45) is 10.2. The molecule has 0 aliphatic rings. The summed E-state index contributed by atoms with van der Waals surface area (Å²) in [6, 6.07) is 20.2. The molecule has 0 unspecified atom stereocenters. The van der Waals surface area contributed by atoms with Gasteiger partial charge in [-0.15, -0.1) is 0 Å². The van der Waals surface area contributed by atoms with E-state index in [4.69, 9.17) is 18.9 Å². The molecule has 0 aliphatic heterocycles. The average molecular weight is 474 g/mol. The lowest BCUT2D eigenvalue weighted by molar-refractivity contribution is -0.904. The van der Waals surface area contributed by atoms with Crippen molar-refractivity contribution in [3.05, 3.63) is 126 Å². The number of allylic oxidation sites excluding steroid dienone is 4. The lowest BCUT2D eigenvalue weighted by Gasteiger charge is -2.31. The smallest absolute Gasteiger partial charge is 0.236 e. The third-order valence-electron chi connectivity index (χ3n) is 5.96. The molecule has 1 heterocycles. The fraction of sp³-hybridized carbons (Fsp3) is 0.300. The monoisotopic (exact) mass is 473 g/mol. The molecule has 0 fully saturated rings. The Balaban J connectivity index is 1.75. The molecular formula is C30H37N2O3+. The number of quaternary nitrogens is 1. The van der Waals surface area contributed by atoms with Crippen LogP contribution in [-0.2, 0) is 21.6 Å². The number of nitrogens with zero attached hydrogens (tertiary/aromatic N) is 2. The van der Waals surface area contributed by atoms with E-state index in [9.17, 15) is 0 Å². The molecule has 0 radical (unpaired) electrons. The van der Waals surface area contributed by atoms with Crippen LogP contribution in [0.4, 0.5) is 0 Å². The van der Waals surface area contributed by atoms with Gasteiger partial charge in [0.25, 0.3) is 0 Å². The highest BCUT2D eigenvalue weighted by Gasteiger charge is 2.41. The van der Waals surface area contributed by atoms with E-state index < -0.39 is 5.60 Å². The maximum atomic E-state index is 6.38. The van der Waals surface area contributed by atoms with Gasteiger partial charge in [-0.1, -0.05) is 79.4 Å². The van der Waals surface area contributed by atoms with Crippen LogP contribution in [0.3, 0.4) is 0 Å². The first kappa shape index (κ1) is 26.2. The molecule has 0 spiro atoms. The first-order chi connectivity index (χ1) is 16.9. The van der Waals surface area contributed by atoms with Gasteiger partial charge in [-0.05, 0) is 30.2 Å². The van der Waals surface area contributed by atoms with Crippen LogP contribution in [0.2, 0.25) is 0 Å². The van der Waals surface area contributed by atoms with E-state index in [1.54, 1.807) is 13.2 Å². The lowest BCUT2D eigenvalue weighted by atomic mass is 9.86. The number of oxazole rings is 1. The SMILES string of the molecule is C=C/C=C\C(=C/C)OCCC[N+](C)(C)Cc1cnc(C(OC)(c2ccccc2)c2ccccc2)o1. The van der Waals surface area contributed by atoms with Crippen molar-refractivity contribution in [3.63, 3.8) is 0 Å². The van der Waals surface area contributed by atoms with Crippen molar-refractivity contribution < 1.29 is 18.4 Å². The molecule has 3 rings (SSSR count). The zero-order valence-corrected chi connectivity index (χ0v) is 21.3. The van der Waals surface area contributed by atoms with Gasteiger partial charge in [0, 0.05) is 13.5 Å². The molecule has 0 atom stereocenters. The predicted octanol–water partition coefficient (Wildman–Crippen LogP) is 6.24. The first-order valence-corrected chi connectivity index (χ1v) is 12.0. The largest absolute Gasteiger partial charge is 0.494 e. The average Bonchev–Trinajstić information content (AvgIpc) is 3.33. The van der Waals surface area contributed by atoms with Gasteiger partial charge in [-0.2, -0.15) is 0 Å². The maximum absolute atomic E-state index is 6.38. The summed E-state index contributed by atoms with van der Waals surface area (Å²) in [6.45, 7) is 7.96. The molecule has 0 amide bonds. The zero-order valence-electron chi connectivity index (χ0n) is 21.3. The van der Waals surface area contributed by atoms with Crippen molar-refractivity contribution >= 4 is 0 Å². The van der Waals surface area contributed by atoms with E-state index in [0.29, 0.717) is 19.0 Å². The van der Waals surface area contributed by atoms with Gasteiger partial charge in [-0.25, -0.2) is 4.98 Å². The summed E-state index contributed by atoms with van der Waals surface area (Å²) in [4.78, 5) is 4.71. The van der Waals surface area contributed by atoms with Gasteiger partial charge >= 0.3 is 0 Å². The number of benzene rings is 2. The van der Waals surface area contributed by atoms with Gasteiger partial charge in [0.2, 0.25) is 5.89 Å². The van der Waals surface area contributed by atoms with Crippen LogP contribution >= 0.6 is 0 Å². The van der Waals surface area contributed by atoms with Gasteiger partial charge < -0.3 is 18.4 Å². The third-order valence-corrected chi connectivity index (χ3v) is 5.96. The number of methoxy groups -OCH3 is 1. The van der Waals surface area contributed by atoms with Gasteiger partial charge in [0.05, 0.1) is 33.4 Å². The third kappa shape index (κ3) is 6.59. The Bertz CT molecular complexity index is 1080. The van der Waals surface area contributed by atoms with Crippen molar-refractivity contribution in [2.45, 2.75) is 25.5 Å². The van der Waals surface area contributed by atoms with E-state index in [1.807, 2.05) is 92.0 Å². The molecule has 2 aromatic carbocycles. The molecule has 0 saturated carbocycles. The fourth-order valence-electron chi connectivity index (χ4n) is 4.20. The first-order valence-electron chi connectivity index (χ1n) is 12.0. The van der Waals surface area contributed by atoms with E-state index in [2.05, 4.69) is 20.7 Å². The number of rotatable bonds is 13. The summed E-state index contributed by atoms with van der Waals surface area (Å²) in [5.74, 6) is 2.21. The van der Waals surface area contributed by atoms with Crippen LogP contribution < -0.4 is 0 Å².